The van der Waals surface area contributed by atoms with Gasteiger partial charge < -0.3 is 4.98 Å². The predicted molar refractivity (Wildman–Crippen MR) is 114 cm³/mol. The summed E-state index contributed by atoms with van der Waals surface area (Å²) in [7, 11) is -2.37. The Kier molecular flexibility index (Phi) is 6.14. The molecule has 0 aliphatic rings. The smallest absolute Gasteiger partial charge is 0.255 e. The number of para-hydroxylation sites is 1. The second-order valence-corrected chi connectivity index (χ2v) is 8.85. The van der Waals surface area contributed by atoms with Crippen molar-refractivity contribution in [3.05, 3.63) is 65.4 Å². The van der Waals surface area contributed by atoms with Crippen molar-refractivity contribution in [1.82, 2.24) is 14.7 Å². The number of aryl methyl sites for hydroxylation is 2. The summed E-state index contributed by atoms with van der Waals surface area (Å²) in [6.45, 7) is 3.63. The van der Waals surface area contributed by atoms with Crippen LogP contribution in [0.4, 0.5) is 0 Å². The summed E-state index contributed by atoms with van der Waals surface area (Å²) in [6, 6.07) is 12.5. The molecule has 29 heavy (non-hydrogen) atoms. The van der Waals surface area contributed by atoms with Crippen LogP contribution in [0.1, 0.15) is 23.6 Å². The van der Waals surface area contributed by atoms with E-state index >= 15 is 0 Å². The standard InChI is InChI=1S/C21H24N4O3S/c1-4-16-6-5-7-19-17(12-22-21(16)19)13-23-24-20(26)14-25(3)29(27,28)18-10-8-15(2)9-11-18/h5-13,22H,4,14H2,1-3H3,(H,24,26)/b23-13+. The molecule has 0 radical (unpaired) electrons. The van der Waals surface area contributed by atoms with Crippen molar-refractivity contribution < 1.29 is 13.2 Å². The first-order chi connectivity index (χ1) is 13.8. The summed E-state index contributed by atoms with van der Waals surface area (Å²) in [5.41, 5.74) is 6.44. The lowest BCUT2D eigenvalue weighted by Crippen LogP contribution is -2.36. The van der Waals surface area contributed by atoms with Crippen LogP contribution in [0.3, 0.4) is 0 Å². The Bertz CT molecular complexity index is 1150. The van der Waals surface area contributed by atoms with Crippen molar-refractivity contribution >= 4 is 33.0 Å². The summed E-state index contributed by atoms with van der Waals surface area (Å²) >= 11 is 0. The molecule has 0 bridgehead atoms. The summed E-state index contributed by atoms with van der Waals surface area (Å²) in [5.74, 6) is -0.520. The van der Waals surface area contributed by atoms with Gasteiger partial charge in [0.1, 0.15) is 0 Å². The molecule has 0 saturated heterocycles. The van der Waals surface area contributed by atoms with E-state index in [1.807, 2.05) is 25.3 Å². The molecule has 0 atom stereocenters. The van der Waals surface area contributed by atoms with Gasteiger partial charge in [0.25, 0.3) is 5.91 Å². The highest BCUT2D eigenvalue weighted by atomic mass is 32.2. The first-order valence-corrected chi connectivity index (χ1v) is 10.7. The van der Waals surface area contributed by atoms with Gasteiger partial charge >= 0.3 is 0 Å². The van der Waals surface area contributed by atoms with Gasteiger partial charge in [-0.1, -0.05) is 42.8 Å². The van der Waals surface area contributed by atoms with Crippen LogP contribution < -0.4 is 5.43 Å². The van der Waals surface area contributed by atoms with Gasteiger partial charge in [0.05, 0.1) is 17.7 Å². The lowest BCUT2D eigenvalue weighted by Gasteiger charge is -2.16. The Labute approximate surface area is 170 Å². The minimum absolute atomic E-state index is 0.146. The van der Waals surface area contributed by atoms with Crippen LogP contribution in [0.25, 0.3) is 10.9 Å². The van der Waals surface area contributed by atoms with Crippen molar-refractivity contribution in [2.45, 2.75) is 25.2 Å². The van der Waals surface area contributed by atoms with Crippen LogP contribution >= 0.6 is 0 Å². The fourth-order valence-electron chi connectivity index (χ4n) is 3.03. The molecule has 7 nitrogen and oxygen atoms in total. The number of hydrazone groups is 1. The van der Waals surface area contributed by atoms with Gasteiger partial charge in [0.2, 0.25) is 10.0 Å². The number of aromatic nitrogens is 1. The normalized spacial score (nSPS) is 12.1. The zero-order chi connectivity index (χ0) is 21.0. The molecule has 0 aliphatic heterocycles. The molecule has 0 unspecified atom stereocenters. The van der Waals surface area contributed by atoms with Crippen LogP contribution in [-0.2, 0) is 21.2 Å². The third kappa shape index (κ3) is 4.55. The highest BCUT2D eigenvalue weighted by molar-refractivity contribution is 7.89. The zero-order valence-electron chi connectivity index (χ0n) is 16.6. The predicted octanol–water partition coefficient (Wildman–Crippen LogP) is 2.81. The fraction of sp³-hybridized carbons (Fsp3) is 0.238. The first kappa shape index (κ1) is 20.8. The number of hydrogen-bond acceptors (Lipinski definition) is 4. The molecule has 3 rings (SSSR count). The number of H-pyrrole nitrogens is 1. The third-order valence-corrected chi connectivity index (χ3v) is 6.52. The van der Waals surface area contributed by atoms with Gasteiger partial charge in [-0.2, -0.15) is 9.41 Å². The Morgan fingerprint density at radius 1 is 1.21 bits per heavy atom. The molecule has 0 fully saturated rings. The molecule has 8 heteroatoms. The van der Waals surface area contributed by atoms with Crippen LogP contribution in [0.15, 0.2) is 58.7 Å². The number of rotatable bonds is 7. The molecule has 0 saturated carbocycles. The lowest BCUT2D eigenvalue weighted by atomic mass is 10.1. The maximum absolute atomic E-state index is 12.5. The second-order valence-electron chi connectivity index (χ2n) is 6.80. The Hall–Kier alpha value is -2.97. The van der Waals surface area contributed by atoms with E-state index in [0.717, 1.165) is 32.8 Å². The molecular formula is C21H24N4O3S. The Balaban J connectivity index is 1.64. The highest BCUT2D eigenvalue weighted by Gasteiger charge is 2.22. The molecular weight excluding hydrogens is 388 g/mol. The average Bonchev–Trinajstić information content (AvgIpc) is 3.11. The maximum Gasteiger partial charge on any atom is 0.255 e. The monoisotopic (exact) mass is 412 g/mol. The van der Waals surface area contributed by atoms with E-state index in [-0.39, 0.29) is 11.4 Å². The second kappa shape index (κ2) is 8.59. The van der Waals surface area contributed by atoms with Crippen LogP contribution in [0.2, 0.25) is 0 Å². The molecule has 2 N–H and O–H groups in total. The SMILES string of the molecule is CCc1cccc2c(/C=N/NC(=O)CN(C)S(=O)(=O)c3ccc(C)cc3)c[nH]c12. The van der Waals surface area contributed by atoms with E-state index in [4.69, 9.17) is 0 Å². The Morgan fingerprint density at radius 2 is 1.93 bits per heavy atom. The number of carbonyl (C=O) groups excluding carboxylic acids is 1. The summed E-state index contributed by atoms with van der Waals surface area (Å²) in [4.78, 5) is 15.5. The Morgan fingerprint density at radius 3 is 2.62 bits per heavy atom. The summed E-state index contributed by atoms with van der Waals surface area (Å²) in [5, 5.41) is 4.99. The molecule has 3 aromatic rings. The number of carbonyl (C=O) groups is 1. The summed E-state index contributed by atoms with van der Waals surface area (Å²) < 4.78 is 26.1. The van der Waals surface area contributed by atoms with E-state index in [1.165, 1.54) is 24.7 Å². The molecule has 152 valence electrons. The zero-order valence-corrected chi connectivity index (χ0v) is 17.5. The van der Waals surface area contributed by atoms with Crippen LogP contribution in [0.5, 0.6) is 0 Å². The highest BCUT2D eigenvalue weighted by Crippen LogP contribution is 2.21. The number of sulfonamides is 1. The lowest BCUT2D eigenvalue weighted by molar-refractivity contribution is -0.121. The number of likely N-dealkylation sites (N-methyl/N-ethyl adjacent to an activating group) is 1. The van der Waals surface area contributed by atoms with E-state index in [1.54, 1.807) is 18.3 Å². The molecule has 1 heterocycles. The van der Waals surface area contributed by atoms with Crippen molar-refractivity contribution in [2.75, 3.05) is 13.6 Å². The number of amides is 1. The number of fused-ring (bicyclic) bond motifs is 1. The topological polar surface area (TPSA) is 94.6 Å². The minimum Gasteiger partial charge on any atom is -0.360 e. The van der Waals surface area contributed by atoms with E-state index in [2.05, 4.69) is 28.5 Å². The quantitative estimate of drug-likeness (QED) is 0.461. The van der Waals surface area contributed by atoms with Crippen LogP contribution in [-0.4, -0.2) is 43.4 Å². The first-order valence-electron chi connectivity index (χ1n) is 9.27. The molecule has 1 amide bonds. The molecule has 0 aliphatic carbocycles. The van der Waals surface area contributed by atoms with Crippen molar-refractivity contribution in [3.8, 4) is 0 Å². The molecule has 1 aromatic heterocycles. The number of aromatic amines is 1. The number of nitrogens with one attached hydrogen (secondary N) is 2. The van der Waals surface area contributed by atoms with Gasteiger partial charge in [-0.25, -0.2) is 13.8 Å². The maximum atomic E-state index is 12.5. The van der Waals surface area contributed by atoms with Crippen molar-refractivity contribution in [2.24, 2.45) is 5.10 Å². The number of benzene rings is 2. The van der Waals surface area contributed by atoms with Gasteiger partial charge in [-0.3, -0.25) is 4.79 Å². The number of nitrogens with zero attached hydrogens (tertiary/aromatic N) is 2. The van der Waals surface area contributed by atoms with Crippen molar-refractivity contribution in [3.63, 3.8) is 0 Å². The van der Waals surface area contributed by atoms with E-state index < -0.39 is 15.9 Å². The minimum atomic E-state index is -3.74. The average molecular weight is 413 g/mol. The molecule has 2 aromatic carbocycles. The summed E-state index contributed by atoms with van der Waals surface area (Å²) in [6.07, 6.45) is 4.28. The largest absolute Gasteiger partial charge is 0.360 e. The fourth-order valence-corrected chi connectivity index (χ4v) is 4.15. The van der Waals surface area contributed by atoms with E-state index in [9.17, 15) is 13.2 Å². The third-order valence-electron chi connectivity index (χ3n) is 4.70. The number of hydrogen-bond donors (Lipinski definition) is 2. The van der Waals surface area contributed by atoms with Crippen LogP contribution in [0, 0.1) is 6.92 Å². The van der Waals surface area contributed by atoms with E-state index in [0.29, 0.717) is 0 Å². The van der Waals surface area contributed by atoms with Gasteiger partial charge in [0.15, 0.2) is 0 Å². The molecule has 0 spiro atoms. The van der Waals surface area contributed by atoms with Gasteiger partial charge in [-0.05, 0) is 31.0 Å². The van der Waals surface area contributed by atoms with Crippen molar-refractivity contribution in [1.29, 1.82) is 0 Å². The van der Waals surface area contributed by atoms with Gasteiger partial charge in [0, 0.05) is 29.7 Å². The van der Waals surface area contributed by atoms with Gasteiger partial charge in [-0.15, -0.1) is 0 Å².